The number of furan rings is 1. The quantitative estimate of drug-likeness (QED) is 0.584. The summed E-state index contributed by atoms with van der Waals surface area (Å²) >= 11 is 5.85. The van der Waals surface area contributed by atoms with Crippen molar-refractivity contribution in [1.82, 2.24) is 4.90 Å². The lowest BCUT2D eigenvalue weighted by atomic mass is 10.2. The lowest BCUT2D eigenvalue weighted by molar-refractivity contribution is 0.0604. The minimum atomic E-state index is -0.698. The molecule has 1 atom stereocenters. The van der Waals surface area contributed by atoms with Gasteiger partial charge in [-0.2, -0.15) is 0 Å². The third-order valence-electron chi connectivity index (χ3n) is 4.00. The number of benzene rings is 2. The number of ether oxygens (including phenoxy) is 1. The molecule has 3 aromatic rings. The Morgan fingerprint density at radius 3 is 2.44 bits per heavy atom. The second kappa shape index (κ2) is 9.55. The maximum atomic E-state index is 13.1. The minimum Gasteiger partial charge on any atom is -0.491 e. The predicted molar refractivity (Wildman–Crippen MR) is 102 cm³/mol. The largest absolute Gasteiger partial charge is 0.491 e. The molecule has 0 aliphatic carbocycles. The van der Waals surface area contributed by atoms with Crippen LogP contribution in [0.15, 0.2) is 71.3 Å². The topological polar surface area (TPSA) is 45.8 Å². The van der Waals surface area contributed by atoms with Crippen LogP contribution in [0, 0.1) is 5.82 Å². The molecule has 1 N–H and O–H groups in total. The Hall–Kier alpha value is -2.34. The maximum Gasteiger partial charge on any atom is 0.123 e. The summed E-state index contributed by atoms with van der Waals surface area (Å²) in [5.41, 5.74) is 0.953. The summed E-state index contributed by atoms with van der Waals surface area (Å²) in [4.78, 5) is 2.03. The second-order valence-corrected chi connectivity index (χ2v) is 6.73. The number of aliphatic hydroxyl groups excluding tert-OH is 1. The van der Waals surface area contributed by atoms with Gasteiger partial charge in [-0.1, -0.05) is 23.7 Å². The Balaban J connectivity index is 1.59. The fraction of sp³-hybridized carbons (Fsp3) is 0.238. The lowest BCUT2D eigenvalue weighted by Crippen LogP contribution is -2.35. The zero-order valence-electron chi connectivity index (χ0n) is 14.7. The van der Waals surface area contributed by atoms with Gasteiger partial charge in [0.2, 0.25) is 0 Å². The van der Waals surface area contributed by atoms with Gasteiger partial charge in [-0.05, 0) is 54.1 Å². The van der Waals surface area contributed by atoms with Crippen molar-refractivity contribution in [3.05, 3.63) is 89.1 Å². The van der Waals surface area contributed by atoms with Gasteiger partial charge in [0.15, 0.2) is 0 Å². The third kappa shape index (κ3) is 6.40. The fourth-order valence-corrected chi connectivity index (χ4v) is 2.86. The van der Waals surface area contributed by atoms with Gasteiger partial charge >= 0.3 is 0 Å². The molecule has 4 nitrogen and oxygen atoms in total. The summed E-state index contributed by atoms with van der Waals surface area (Å²) in [5, 5.41) is 11.0. The summed E-state index contributed by atoms with van der Waals surface area (Å²) in [6.07, 6.45) is 0.918. The lowest BCUT2D eigenvalue weighted by Gasteiger charge is -2.24. The van der Waals surface area contributed by atoms with Crippen LogP contribution in [0.1, 0.15) is 11.3 Å². The van der Waals surface area contributed by atoms with E-state index in [2.05, 4.69) is 0 Å². The molecule has 0 bridgehead atoms. The highest BCUT2D eigenvalue weighted by Crippen LogP contribution is 2.16. The summed E-state index contributed by atoms with van der Waals surface area (Å²) in [6.45, 7) is 1.62. The van der Waals surface area contributed by atoms with Crippen LogP contribution in [0.4, 0.5) is 4.39 Å². The molecule has 142 valence electrons. The molecule has 0 spiro atoms. The summed E-state index contributed by atoms with van der Waals surface area (Å²) in [7, 11) is 0. The summed E-state index contributed by atoms with van der Waals surface area (Å²) < 4.78 is 24.2. The van der Waals surface area contributed by atoms with Crippen LogP contribution >= 0.6 is 11.6 Å². The van der Waals surface area contributed by atoms with Crippen molar-refractivity contribution in [2.45, 2.75) is 19.2 Å². The molecule has 0 amide bonds. The van der Waals surface area contributed by atoms with Gasteiger partial charge in [0, 0.05) is 18.1 Å². The highest BCUT2D eigenvalue weighted by atomic mass is 35.5. The number of halogens is 2. The molecule has 0 saturated heterocycles. The number of hydrogen-bond donors (Lipinski definition) is 1. The summed E-state index contributed by atoms with van der Waals surface area (Å²) in [5.74, 6) is 1.17. The van der Waals surface area contributed by atoms with E-state index < -0.39 is 6.10 Å². The van der Waals surface area contributed by atoms with E-state index in [9.17, 15) is 9.50 Å². The zero-order chi connectivity index (χ0) is 19.1. The number of aliphatic hydroxyl groups is 1. The van der Waals surface area contributed by atoms with Crippen LogP contribution in [0.5, 0.6) is 5.75 Å². The van der Waals surface area contributed by atoms with Gasteiger partial charge in [-0.15, -0.1) is 0 Å². The first kappa shape index (κ1) is 19.4. The molecule has 0 aliphatic rings. The average Bonchev–Trinajstić information content (AvgIpc) is 3.16. The fourth-order valence-electron chi connectivity index (χ4n) is 2.73. The molecule has 0 saturated carbocycles. The van der Waals surface area contributed by atoms with E-state index in [1.165, 1.54) is 12.1 Å². The van der Waals surface area contributed by atoms with Crippen LogP contribution in [0.2, 0.25) is 5.02 Å². The minimum absolute atomic E-state index is 0.152. The number of nitrogens with zero attached hydrogens (tertiary/aromatic N) is 1. The van der Waals surface area contributed by atoms with Crippen LogP contribution in [0.25, 0.3) is 0 Å². The van der Waals surface area contributed by atoms with Crippen LogP contribution in [0.3, 0.4) is 0 Å². The Morgan fingerprint density at radius 2 is 1.78 bits per heavy atom. The van der Waals surface area contributed by atoms with E-state index in [0.717, 1.165) is 11.3 Å². The molecule has 1 aromatic heterocycles. The monoisotopic (exact) mass is 389 g/mol. The standard InChI is InChI=1S/C21H21ClFNO3/c22-17-5-9-20(10-6-17)27-15-19(25)13-24(14-21-2-1-11-26-21)12-16-3-7-18(23)8-4-16/h1-11,19,25H,12-15H2. The normalized spacial score (nSPS) is 12.3. The van der Waals surface area contributed by atoms with Crippen molar-refractivity contribution in [2.24, 2.45) is 0 Å². The average molecular weight is 390 g/mol. The first-order valence-corrected chi connectivity index (χ1v) is 9.02. The highest BCUT2D eigenvalue weighted by molar-refractivity contribution is 6.30. The molecule has 2 aromatic carbocycles. The molecule has 27 heavy (non-hydrogen) atoms. The number of rotatable bonds is 9. The summed E-state index contributed by atoms with van der Waals surface area (Å²) in [6, 6.07) is 17.0. The van der Waals surface area contributed by atoms with E-state index in [1.54, 1.807) is 42.7 Å². The highest BCUT2D eigenvalue weighted by Gasteiger charge is 2.15. The zero-order valence-corrected chi connectivity index (χ0v) is 15.5. The Morgan fingerprint density at radius 1 is 1.04 bits per heavy atom. The van der Waals surface area contributed by atoms with Gasteiger partial charge in [0.25, 0.3) is 0 Å². The van der Waals surface area contributed by atoms with E-state index >= 15 is 0 Å². The van der Waals surface area contributed by atoms with Crippen molar-refractivity contribution in [1.29, 1.82) is 0 Å². The van der Waals surface area contributed by atoms with Crippen molar-refractivity contribution in [3.63, 3.8) is 0 Å². The second-order valence-electron chi connectivity index (χ2n) is 6.29. The van der Waals surface area contributed by atoms with Crippen molar-refractivity contribution in [3.8, 4) is 5.75 Å². The molecule has 6 heteroatoms. The SMILES string of the molecule is OC(COc1ccc(Cl)cc1)CN(Cc1ccc(F)cc1)Cc1ccco1. The van der Waals surface area contributed by atoms with E-state index in [0.29, 0.717) is 30.4 Å². The Kier molecular flexibility index (Phi) is 6.87. The first-order valence-electron chi connectivity index (χ1n) is 8.64. The molecule has 1 unspecified atom stereocenters. The molecule has 0 fully saturated rings. The molecule has 0 aliphatic heterocycles. The van der Waals surface area contributed by atoms with E-state index in [1.807, 2.05) is 17.0 Å². The van der Waals surface area contributed by atoms with Gasteiger partial charge in [0.05, 0.1) is 12.8 Å². The van der Waals surface area contributed by atoms with Gasteiger partial charge in [-0.3, -0.25) is 4.90 Å². The van der Waals surface area contributed by atoms with Gasteiger partial charge < -0.3 is 14.3 Å². The third-order valence-corrected chi connectivity index (χ3v) is 4.26. The van der Waals surface area contributed by atoms with Crippen LogP contribution in [-0.4, -0.2) is 29.3 Å². The maximum absolute atomic E-state index is 13.1. The van der Waals surface area contributed by atoms with Crippen LogP contribution in [-0.2, 0) is 13.1 Å². The van der Waals surface area contributed by atoms with E-state index in [4.69, 9.17) is 20.8 Å². The van der Waals surface area contributed by atoms with Crippen LogP contribution < -0.4 is 4.74 Å². The predicted octanol–water partition coefficient (Wildman–Crippen LogP) is 4.51. The number of hydrogen-bond acceptors (Lipinski definition) is 4. The molecular formula is C21H21ClFNO3. The Labute approximate surface area is 162 Å². The molecule has 3 rings (SSSR count). The van der Waals surface area contributed by atoms with E-state index in [-0.39, 0.29) is 12.4 Å². The van der Waals surface area contributed by atoms with Gasteiger partial charge in [-0.25, -0.2) is 4.39 Å². The van der Waals surface area contributed by atoms with Crippen molar-refractivity contribution in [2.75, 3.05) is 13.2 Å². The molecular weight excluding hydrogens is 369 g/mol. The van der Waals surface area contributed by atoms with Crippen molar-refractivity contribution < 1.29 is 18.7 Å². The first-order chi connectivity index (χ1) is 13.1. The molecule has 1 heterocycles. The van der Waals surface area contributed by atoms with Gasteiger partial charge in [0.1, 0.15) is 30.0 Å². The van der Waals surface area contributed by atoms with Crippen molar-refractivity contribution >= 4 is 11.6 Å². The smallest absolute Gasteiger partial charge is 0.123 e. The molecule has 0 radical (unpaired) electrons. The Bertz CT molecular complexity index is 806.